The van der Waals surface area contributed by atoms with E-state index in [1.807, 2.05) is 13.2 Å². The molecule has 58 valence electrons. The van der Waals surface area contributed by atoms with Crippen LogP contribution < -0.4 is 0 Å². The van der Waals surface area contributed by atoms with Crippen molar-refractivity contribution in [3.63, 3.8) is 0 Å². The molecule has 2 nitrogen and oxygen atoms in total. The molecular weight excluding hydrogens is 148 g/mol. The minimum absolute atomic E-state index is 0.255. The Bertz CT molecular complexity index is 141. The zero-order valence-electron chi connectivity index (χ0n) is 6.51. The molecule has 0 fully saturated rings. The van der Waals surface area contributed by atoms with Gasteiger partial charge in [0.1, 0.15) is 0 Å². The van der Waals surface area contributed by atoms with E-state index < -0.39 is 0 Å². The molecule has 10 heavy (non-hydrogen) atoms. The molecule has 0 unspecified atom stereocenters. The standard InChI is InChI=1S/C7H12O2S/c1-4-9-7(8)5-6(2)10-3/h5H,4H2,1-3H3. The Balaban J connectivity index is 3.75. The summed E-state index contributed by atoms with van der Waals surface area (Å²) in [5, 5.41) is 0. The predicted molar refractivity (Wildman–Crippen MR) is 43.9 cm³/mol. The SMILES string of the molecule is CCOC(=O)C=C(C)SC. The Hall–Kier alpha value is -0.440. The minimum Gasteiger partial charge on any atom is -0.463 e. The molecule has 0 radical (unpaired) electrons. The van der Waals surface area contributed by atoms with Crippen molar-refractivity contribution in [3.05, 3.63) is 11.0 Å². The smallest absolute Gasteiger partial charge is 0.331 e. The van der Waals surface area contributed by atoms with Gasteiger partial charge >= 0.3 is 5.97 Å². The van der Waals surface area contributed by atoms with Crippen LogP contribution in [0.2, 0.25) is 0 Å². The van der Waals surface area contributed by atoms with E-state index in [2.05, 4.69) is 4.74 Å². The van der Waals surface area contributed by atoms with Gasteiger partial charge in [-0.3, -0.25) is 0 Å². The molecule has 0 aliphatic rings. The summed E-state index contributed by atoms with van der Waals surface area (Å²) in [6, 6.07) is 0. The van der Waals surface area contributed by atoms with E-state index in [0.717, 1.165) is 4.91 Å². The fraction of sp³-hybridized carbons (Fsp3) is 0.571. The Morgan fingerprint density at radius 3 is 2.70 bits per heavy atom. The quantitative estimate of drug-likeness (QED) is 0.465. The Morgan fingerprint density at radius 2 is 2.30 bits per heavy atom. The molecule has 0 saturated heterocycles. The highest BCUT2D eigenvalue weighted by molar-refractivity contribution is 8.02. The lowest BCUT2D eigenvalue weighted by molar-refractivity contribution is -0.137. The van der Waals surface area contributed by atoms with Crippen LogP contribution in [0.4, 0.5) is 0 Å². The summed E-state index contributed by atoms with van der Waals surface area (Å²) < 4.78 is 4.69. The highest BCUT2D eigenvalue weighted by Crippen LogP contribution is 2.08. The van der Waals surface area contributed by atoms with Gasteiger partial charge in [0.05, 0.1) is 6.61 Å². The molecule has 0 aromatic rings. The zero-order valence-corrected chi connectivity index (χ0v) is 7.33. The summed E-state index contributed by atoms with van der Waals surface area (Å²) in [7, 11) is 0. The third-order valence-corrected chi connectivity index (χ3v) is 1.69. The number of ether oxygens (including phenoxy) is 1. The second kappa shape index (κ2) is 5.35. The predicted octanol–water partition coefficient (Wildman–Crippen LogP) is 1.82. The summed E-state index contributed by atoms with van der Waals surface area (Å²) in [4.78, 5) is 11.7. The molecule has 0 bridgehead atoms. The van der Waals surface area contributed by atoms with Crippen LogP contribution >= 0.6 is 11.8 Å². The van der Waals surface area contributed by atoms with Gasteiger partial charge in [0, 0.05) is 6.08 Å². The summed E-state index contributed by atoms with van der Waals surface area (Å²) >= 11 is 1.54. The van der Waals surface area contributed by atoms with E-state index >= 15 is 0 Å². The maximum atomic E-state index is 10.7. The van der Waals surface area contributed by atoms with Crippen LogP contribution in [0.3, 0.4) is 0 Å². The van der Waals surface area contributed by atoms with Crippen LogP contribution in [0.25, 0.3) is 0 Å². The number of carbonyl (C=O) groups is 1. The van der Waals surface area contributed by atoms with Gasteiger partial charge in [-0.15, -0.1) is 11.8 Å². The van der Waals surface area contributed by atoms with E-state index in [1.54, 1.807) is 6.92 Å². The van der Waals surface area contributed by atoms with Gasteiger partial charge in [-0.2, -0.15) is 0 Å². The van der Waals surface area contributed by atoms with Crippen molar-refractivity contribution >= 4 is 17.7 Å². The molecule has 0 spiro atoms. The van der Waals surface area contributed by atoms with Crippen LogP contribution in [-0.2, 0) is 9.53 Å². The van der Waals surface area contributed by atoms with E-state index in [9.17, 15) is 4.79 Å². The lowest BCUT2D eigenvalue weighted by Gasteiger charge is -1.96. The average Bonchev–Trinajstić information content (AvgIpc) is 1.88. The Kier molecular flexibility index (Phi) is 5.12. The van der Waals surface area contributed by atoms with E-state index in [4.69, 9.17) is 0 Å². The molecule has 0 N–H and O–H groups in total. The van der Waals surface area contributed by atoms with Gasteiger partial charge in [0.25, 0.3) is 0 Å². The molecule has 3 heteroatoms. The van der Waals surface area contributed by atoms with Gasteiger partial charge in [-0.25, -0.2) is 4.79 Å². The largest absolute Gasteiger partial charge is 0.463 e. The lowest BCUT2D eigenvalue weighted by atomic mass is 10.5. The Labute approximate surface area is 65.6 Å². The van der Waals surface area contributed by atoms with Crippen molar-refractivity contribution in [1.82, 2.24) is 0 Å². The van der Waals surface area contributed by atoms with Crippen LogP contribution in [0.5, 0.6) is 0 Å². The van der Waals surface area contributed by atoms with Crippen molar-refractivity contribution in [2.75, 3.05) is 12.9 Å². The summed E-state index contributed by atoms with van der Waals surface area (Å²) in [6.45, 7) is 4.11. The topological polar surface area (TPSA) is 26.3 Å². The van der Waals surface area contributed by atoms with Crippen molar-refractivity contribution in [2.45, 2.75) is 13.8 Å². The summed E-state index contributed by atoms with van der Waals surface area (Å²) in [5.74, 6) is -0.255. The van der Waals surface area contributed by atoms with E-state index in [0.29, 0.717) is 6.61 Å². The number of allylic oxidation sites excluding steroid dienone is 1. The molecule has 0 aliphatic carbocycles. The molecule has 0 rings (SSSR count). The highest BCUT2D eigenvalue weighted by atomic mass is 32.2. The molecule has 0 atom stereocenters. The van der Waals surface area contributed by atoms with Gasteiger partial charge in [0.15, 0.2) is 0 Å². The molecule has 0 aliphatic heterocycles. The third-order valence-electron chi connectivity index (χ3n) is 0.930. The Morgan fingerprint density at radius 1 is 1.70 bits per heavy atom. The van der Waals surface area contributed by atoms with Crippen molar-refractivity contribution < 1.29 is 9.53 Å². The molecule has 0 amide bonds. The van der Waals surface area contributed by atoms with Crippen molar-refractivity contribution in [2.24, 2.45) is 0 Å². The van der Waals surface area contributed by atoms with Crippen LogP contribution in [0, 0.1) is 0 Å². The summed E-state index contributed by atoms with van der Waals surface area (Å²) in [5.41, 5.74) is 0. The number of esters is 1. The first-order valence-electron chi connectivity index (χ1n) is 3.09. The van der Waals surface area contributed by atoms with Gasteiger partial charge in [-0.1, -0.05) is 0 Å². The summed E-state index contributed by atoms with van der Waals surface area (Å²) in [6.07, 6.45) is 3.42. The van der Waals surface area contributed by atoms with Crippen LogP contribution in [-0.4, -0.2) is 18.8 Å². The van der Waals surface area contributed by atoms with Gasteiger partial charge in [0.2, 0.25) is 0 Å². The second-order valence-electron chi connectivity index (χ2n) is 1.71. The van der Waals surface area contributed by atoms with E-state index in [1.165, 1.54) is 17.8 Å². The fourth-order valence-corrected chi connectivity index (χ4v) is 0.623. The fourth-order valence-electron chi connectivity index (χ4n) is 0.409. The van der Waals surface area contributed by atoms with E-state index in [-0.39, 0.29) is 5.97 Å². The number of hydrogen-bond acceptors (Lipinski definition) is 3. The monoisotopic (exact) mass is 160 g/mol. The lowest BCUT2D eigenvalue weighted by Crippen LogP contribution is -1.99. The van der Waals surface area contributed by atoms with Crippen molar-refractivity contribution in [1.29, 1.82) is 0 Å². The number of thioether (sulfide) groups is 1. The molecule has 0 aromatic carbocycles. The zero-order chi connectivity index (χ0) is 7.98. The highest BCUT2D eigenvalue weighted by Gasteiger charge is 1.95. The van der Waals surface area contributed by atoms with Gasteiger partial charge in [-0.05, 0) is 25.0 Å². The van der Waals surface area contributed by atoms with Crippen molar-refractivity contribution in [3.8, 4) is 0 Å². The minimum atomic E-state index is -0.255. The second-order valence-corrected chi connectivity index (χ2v) is 2.76. The normalized spacial score (nSPS) is 11.3. The molecule has 0 saturated carbocycles. The molecule has 0 aromatic heterocycles. The maximum absolute atomic E-state index is 10.7. The number of rotatable bonds is 3. The number of hydrogen-bond donors (Lipinski definition) is 0. The first-order chi connectivity index (χ1) is 4.70. The van der Waals surface area contributed by atoms with Crippen LogP contribution in [0.15, 0.2) is 11.0 Å². The first-order valence-corrected chi connectivity index (χ1v) is 4.32. The molecule has 0 heterocycles. The number of carbonyl (C=O) groups excluding carboxylic acids is 1. The third kappa shape index (κ3) is 4.44. The van der Waals surface area contributed by atoms with Gasteiger partial charge < -0.3 is 4.74 Å². The first kappa shape index (κ1) is 9.56. The molecular formula is C7H12O2S. The average molecular weight is 160 g/mol. The van der Waals surface area contributed by atoms with Crippen LogP contribution in [0.1, 0.15) is 13.8 Å². The maximum Gasteiger partial charge on any atom is 0.331 e.